The van der Waals surface area contributed by atoms with Crippen molar-refractivity contribution in [2.45, 2.75) is 125 Å². The van der Waals surface area contributed by atoms with Crippen LogP contribution in [0.25, 0.3) is 0 Å². The lowest BCUT2D eigenvalue weighted by Crippen LogP contribution is -2.67. The van der Waals surface area contributed by atoms with Gasteiger partial charge in [-0.3, -0.25) is 4.79 Å². The lowest BCUT2D eigenvalue weighted by molar-refractivity contribution is -0.226. The summed E-state index contributed by atoms with van der Waals surface area (Å²) in [5.41, 5.74) is 2.68. The van der Waals surface area contributed by atoms with E-state index in [4.69, 9.17) is 9.47 Å². The third kappa shape index (κ3) is 4.43. The average Bonchev–Trinajstić information content (AvgIpc) is 3.26. The topological polar surface area (TPSA) is 84.9 Å². The Morgan fingerprint density at radius 3 is 2.30 bits per heavy atom. The molecule has 1 aromatic rings. The molecule has 0 unspecified atom stereocenters. The van der Waals surface area contributed by atoms with Crippen LogP contribution >= 0.6 is 0 Å². The molecular weight excluding hydrogens is 550 g/mol. The molecule has 5 aliphatic carbocycles. The maximum absolute atomic E-state index is 13.8. The van der Waals surface area contributed by atoms with Crippen molar-refractivity contribution in [3.05, 3.63) is 41.0 Å². The molecule has 6 nitrogen and oxygen atoms in total. The van der Waals surface area contributed by atoms with Crippen LogP contribution in [0.15, 0.2) is 35.4 Å². The van der Waals surface area contributed by atoms with E-state index >= 15 is 0 Å². The van der Waals surface area contributed by atoms with Crippen molar-refractivity contribution in [2.24, 2.45) is 45.3 Å². The van der Waals surface area contributed by atoms with Crippen molar-refractivity contribution in [2.75, 3.05) is 7.11 Å². The summed E-state index contributed by atoms with van der Waals surface area (Å²) in [6.07, 6.45) is 7.87. The Balaban J connectivity index is 1.31. The summed E-state index contributed by atoms with van der Waals surface area (Å²) < 4.78 is 11.0. The van der Waals surface area contributed by atoms with E-state index in [1.54, 1.807) is 7.11 Å². The highest BCUT2D eigenvalue weighted by molar-refractivity contribution is 6.02. The minimum absolute atomic E-state index is 0.0301. The zero-order valence-electron chi connectivity index (χ0n) is 28.3. The number of aliphatic hydroxyl groups is 1. The number of alkyl carbamates (subject to hydrolysis) is 1. The van der Waals surface area contributed by atoms with Crippen molar-refractivity contribution in [1.82, 2.24) is 5.32 Å². The first-order valence-corrected chi connectivity index (χ1v) is 17.2. The molecule has 0 saturated heterocycles. The molecule has 0 radical (unpaired) electrons. The van der Waals surface area contributed by atoms with E-state index in [0.717, 1.165) is 68.3 Å². The summed E-state index contributed by atoms with van der Waals surface area (Å²) in [6, 6.07) is 7.54. The molecule has 4 saturated carbocycles. The van der Waals surface area contributed by atoms with E-state index < -0.39 is 11.6 Å². The normalized spacial score (nSPS) is 40.9. The number of aliphatic hydroxyl groups excluding tert-OH is 1. The van der Waals surface area contributed by atoms with E-state index in [9.17, 15) is 14.7 Å². The van der Waals surface area contributed by atoms with Gasteiger partial charge in [-0.25, -0.2) is 4.79 Å². The lowest BCUT2D eigenvalue weighted by atomic mass is 9.33. The fourth-order valence-electron chi connectivity index (χ4n) is 11.8. The molecule has 5 aliphatic rings. The van der Waals surface area contributed by atoms with Gasteiger partial charge in [-0.2, -0.15) is 0 Å². The maximum atomic E-state index is 13.8. The summed E-state index contributed by atoms with van der Waals surface area (Å²) in [5, 5.41) is 14.3. The summed E-state index contributed by atoms with van der Waals surface area (Å²) in [7, 11) is 1.63. The molecule has 1 aromatic carbocycles. The molecule has 8 atom stereocenters. The zero-order chi connectivity index (χ0) is 31.9. The second-order valence-corrected chi connectivity index (χ2v) is 16.7. The number of ether oxygens (including phenoxy) is 2. The van der Waals surface area contributed by atoms with Crippen molar-refractivity contribution in [1.29, 1.82) is 0 Å². The largest absolute Gasteiger partial charge is 0.497 e. The highest BCUT2D eigenvalue weighted by Gasteiger charge is 2.70. The third-order valence-corrected chi connectivity index (χ3v) is 14.3. The van der Waals surface area contributed by atoms with Crippen LogP contribution in [0.2, 0.25) is 0 Å². The van der Waals surface area contributed by atoms with Crippen molar-refractivity contribution >= 4 is 11.9 Å². The highest BCUT2D eigenvalue weighted by Crippen LogP contribution is 2.75. The van der Waals surface area contributed by atoms with Gasteiger partial charge in [0, 0.05) is 6.42 Å². The Bertz CT molecular complexity index is 1350. The van der Waals surface area contributed by atoms with Crippen LogP contribution in [0.1, 0.15) is 112 Å². The van der Waals surface area contributed by atoms with Gasteiger partial charge in [-0.1, -0.05) is 60.6 Å². The van der Waals surface area contributed by atoms with Crippen LogP contribution in [-0.2, 0) is 16.1 Å². The zero-order valence-corrected chi connectivity index (χ0v) is 28.3. The van der Waals surface area contributed by atoms with Gasteiger partial charge in [0.15, 0.2) is 5.78 Å². The van der Waals surface area contributed by atoms with Gasteiger partial charge in [0.05, 0.1) is 18.8 Å². The molecule has 0 aliphatic heterocycles. The van der Waals surface area contributed by atoms with Crippen LogP contribution in [0.5, 0.6) is 5.75 Å². The SMILES string of the molecule is COc1ccc(COC(=O)N[C@@]23CC[C@]4(C)[C@H](CC[C@@H]5[C@@]6(C)CC[C@H](O)C(C)(C)[C@@H]6CC[C@]54C)C2=C(C(C)C)C(=O)C3)cc1. The molecule has 44 heavy (non-hydrogen) atoms. The summed E-state index contributed by atoms with van der Waals surface area (Å²) in [6.45, 7) is 16.7. The van der Waals surface area contributed by atoms with Crippen LogP contribution in [0.4, 0.5) is 4.79 Å². The van der Waals surface area contributed by atoms with Crippen molar-refractivity contribution in [3.63, 3.8) is 0 Å². The lowest BCUT2D eigenvalue weighted by Gasteiger charge is -2.72. The number of carbonyl (C=O) groups is 2. The Hall–Kier alpha value is -2.34. The monoisotopic (exact) mass is 605 g/mol. The number of ketones is 1. The Morgan fingerprint density at radius 1 is 0.932 bits per heavy atom. The fraction of sp³-hybridized carbons (Fsp3) is 0.737. The molecule has 1 amide bonds. The van der Waals surface area contributed by atoms with E-state index in [-0.39, 0.29) is 52.0 Å². The van der Waals surface area contributed by atoms with Gasteiger partial charge in [0.2, 0.25) is 0 Å². The third-order valence-electron chi connectivity index (χ3n) is 14.3. The number of fused-ring (bicyclic) bond motifs is 7. The van der Waals surface area contributed by atoms with Gasteiger partial charge in [-0.05, 0) is 126 Å². The van der Waals surface area contributed by atoms with Crippen molar-refractivity contribution in [3.8, 4) is 5.75 Å². The number of benzene rings is 1. The van der Waals surface area contributed by atoms with E-state index in [2.05, 4.69) is 53.8 Å². The molecule has 6 rings (SSSR count). The van der Waals surface area contributed by atoms with Gasteiger partial charge in [0.1, 0.15) is 12.4 Å². The number of carbonyl (C=O) groups excluding carboxylic acids is 2. The second kappa shape index (κ2) is 10.6. The standard InChI is InChI=1S/C38H55NO5/c1-23(2)31-27(40)21-38(39-33(42)44-22-24-9-11-25(43-8)12-10-24)20-19-36(6)26(32(31)38)13-14-29-35(5)17-16-30(41)34(3,4)28(35)15-18-37(29,36)7/h9-12,23,26,28-30,41H,13-22H2,1-8H3,(H,39,42)/t26-,28+,29-,30+,35+,36-,37-,38-/m1/s1. The first kappa shape index (κ1) is 31.6. The molecule has 0 aromatic heterocycles. The minimum Gasteiger partial charge on any atom is -0.497 e. The minimum atomic E-state index is -0.668. The van der Waals surface area contributed by atoms with Crippen LogP contribution in [0.3, 0.4) is 0 Å². The molecule has 0 heterocycles. The number of amides is 1. The maximum Gasteiger partial charge on any atom is 0.408 e. The molecule has 242 valence electrons. The first-order chi connectivity index (χ1) is 20.6. The first-order valence-electron chi connectivity index (χ1n) is 17.2. The number of nitrogens with one attached hydrogen (secondary N) is 1. The Morgan fingerprint density at radius 2 is 1.64 bits per heavy atom. The smallest absolute Gasteiger partial charge is 0.408 e. The number of methoxy groups -OCH3 is 1. The van der Waals surface area contributed by atoms with E-state index in [1.165, 1.54) is 5.57 Å². The number of rotatable bonds is 5. The van der Waals surface area contributed by atoms with E-state index in [1.807, 2.05) is 24.3 Å². The summed E-state index contributed by atoms with van der Waals surface area (Å²) in [5.74, 6) is 2.42. The Labute approximate surface area is 264 Å². The predicted octanol–water partition coefficient (Wildman–Crippen LogP) is 8.02. The number of allylic oxidation sites excluding steroid dienone is 1. The van der Waals surface area contributed by atoms with Gasteiger partial charge in [0.25, 0.3) is 0 Å². The molecular formula is C38H55NO5. The van der Waals surface area contributed by atoms with Gasteiger partial charge < -0.3 is 19.9 Å². The highest BCUT2D eigenvalue weighted by atomic mass is 16.5. The van der Waals surface area contributed by atoms with Crippen LogP contribution < -0.4 is 10.1 Å². The number of hydrogen-bond acceptors (Lipinski definition) is 5. The average molecular weight is 606 g/mol. The predicted molar refractivity (Wildman–Crippen MR) is 172 cm³/mol. The van der Waals surface area contributed by atoms with Crippen LogP contribution in [-0.4, -0.2) is 35.7 Å². The van der Waals surface area contributed by atoms with E-state index in [0.29, 0.717) is 18.3 Å². The summed E-state index contributed by atoms with van der Waals surface area (Å²) >= 11 is 0. The molecule has 0 spiro atoms. The fourth-order valence-corrected chi connectivity index (χ4v) is 11.8. The molecule has 2 N–H and O–H groups in total. The Kier molecular flexibility index (Phi) is 7.62. The summed E-state index contributed by atoms with van der Waals surface area (Å²) in [4.78, 5) is 27.2. The molecule has 0 bridgehead atoms. The quantitative estimate of drug-likeness (QED) is 0.355. The number of Topliss-reactive ketones (excluding diaryl/α,β-unsaturated/α-hetero) is 1. The van der Waals surface area contributed by atoms with Gasteiger partial charge in [-0.15, -0.1) is 0 Å². The van der Waals surface area contributed by atoms with Gasteiger partial charge >= 0.3 is 6.09 Å². The molecule has 4 fully saturated rings. The molecule has 6 heteroatoms. The number of hydrogen-bond donors (Lipinski definition) is 2. The van der Waals surface area contributed by atoms with Crippen LogP contribution in [0, 0.1) is 45.3 Å². The second-order valence-electron chi connectivity index (χ2n) is 16.7. The van der Waals surface area contributed by atoms with Crippen molar-refractivity contribution < 1.29 is 24.2 Å².